The Kier molecular flexibility index (Phi) is 5.73. The van der Waals surface area contributed by atoms with Crippen LogP contribution in [0.1, 0.15) is 22.8 Å². The van der Waals surface area contributed by atoms with Crippen molar-refractivity contribution in [2.75, 3.05) is 0 Å². The number of nitrogens with zero attached hydrogens (tertiary/aromatic N) is 1. The monoisotopic (exact) mass is 451 g/mol. The van der Waals surface area contributed by atoms with E-state index in [1.165, 1.54) is 0 Å². The maximum absolute atomic E-state index is 6.47. The Hall–Kier alpha value is -1.16. The van der Waals surface area contributed by atoms with Crippen molar-refractivity contribution >= 4 is 69.6 Å². The third-order valence-corrected chi connectivity index (χ3v) is 6.94. The summed E-state index contributed by atoms with van der Waals surface area (Å²) in [4.78, 5) is 6.04. The third-order valence-electron chi connectivity index (χ3n) is 4.33. The molecule has 1 nitrogen and oxygen atoms in total. The van der Waals surface area contributed by atoms with Gasteiger partial charge in [-0.15, -0.1) is 11.8 Å². The van der Waals surface area contributed by atoms with Crippen LogP contribution in [0.4, 0.5) is 5.69 Å². The van der Waals surface area contributed by atoms with E-state index in [0.29, 0.717) is 26.5 Å². The number of hydrogen-bond acceptors (Lipinski definition) is 2. The van der Waals surface area contributed by atoms with Gasteiger partial charge >= 0.3 is 0 Å². The molecule has 3 aromatic rings. The van der Waals surface area contributed by atoms with Crippen LogP contribution < -0.4 is 0 Å². The first-order valence-electron chi connectivity index (χ1n) is 8.25. The van der Waals surface area contributed by atoms with Gasteiger partial charge in [0, 0.05) is 27.2 Å². The molecule has 0 saturated heterocycles. The Morgan fingerprint density at radius 2 is 1.63 bits per heavy atom. The average Bonchev–Trinajstić information content (AvgIpc) is 2.83. The largest absolute Gasteiger partial charge is 0.252 e. The molecule has 3 aromatic carbocycles. The molecule has 0 unspecified atom stereocenters. The van der Waals surface area contributed by atoms with E-state index in [1.54, 1.807) is 17.8 Å². The van der Waals surface area contributed by atoms with Gasteiger partial charge in [-0.1, -0.05) is 70.7 Å². The standard InChI is InChI=1S/C21H13Cl4NS/c22-13-6-7-14(16(24)10-13)19-11-21(12-5-8-15(23)17(25)9-12)27-20-4-2-1-3-18(20)26-19/h1-10,21H,11H2/t21-/m0/s1. The van der Waals surface area contributed by atoms with Crippen LogP contribution in [-0.4, -0.2) is 5.71 Å². The minimum absolute atomic E-state index is 0.133. The highest BCUT2D eigenvalue weighted by Crippen LogP contribution is 2.46. The van der Waals surface area contributed by atoms with Gasteiger partial charge in [-0.3, -0.25) is 4.99 Å². The molecule has 27 heavy (non-hydrogen) atoms. The molecule has 1 atom stereocenters. The smallest absolute Gasteiger partial charge is 0.0769 e. The maximum atomic E-state index is 6.47. The lowest BCUT2D eigenvalue weighted by atomic mass is 10.0. The molecule has 0 aliphatic carbocycles. The number of rotatable bonds is 2. The summed E-state index contributed by atoms with van der Waals surface area (Å²) in [5.74, 6) is 0. The first kappa shape index (κ1) is 19.2. The van der Waals surface area contributed by atoms with E-state index in [0.717, 1.165) is 27.4 Å². The lowest BCUT2D eigenvalue weighted by molar-refractivity contribution is 1.01. The number of thioether (sulfide) groups is 1. The average molecular weight is 453 g/mol. The van der Waals surface area contributed by atoms with Crippen molar-refractivity contribution in [3.63, 3.8) is 0 Å². The lowest BCUT2D eigenvalue weighted by Gasteiger charge is -2.17. The summed E-state index contributed by atoms with van der Waals surface area (Å²) in [6, 6.07) is 19.4. The van der Waals surface area contributed by atoms with Crippen molar-refractivity contribution in [3.05, 3.63) is 91.9 Å². The van der Waals surface area contributed by atoms with Gasteiger partial charge in [0.05, 0.1) is 26.5 Å². The molecule has 0 spiro atoms. The summed E-state index contributed by atoms with van der Waals surface area (Å²) in [6.07, 6.45) is 0.707. The lowest BCUT2D eigenvalue weighted by Crippen LogP contribution is -2.06. The Morgan fingerprint density at radius 1 is 0.815 bits per heavy atom. The Balaban J connectivity index is 1.82. The molecular weight excluding hydrogens is 440 g/mol. The van der Waals surface area contributed by atoms with E-state index in [9.17, 15) is 0 Å². The van der Waals surface area contributed by atoms with Gasteiger partial charge < -0.3 is 0 Å². The fourth-order valence-corrected chi connectivity index (χ4v) is 5.05. The highest BCUT2D eigenvalue weighted by molar-refractivity contribution is 7.99. The van der Waals surface area contributed by atoms with Gasteiger partial charge in [0.15, 0.2) is 0 Å². The zero-order valence-corrected chi connectivity index (χ0v) is 17.8. The topological polar surface area (TPSA) is 12.4 Å². The second-order valence-electron chi connectivity index (χ2n) is 6.13. The molecule has 0 amide bonds. The van der Waals surface area contributed by atoms with E-state index in [2.05, 4.69) is 6.07 Å². The van der Waals surface area contributed by atoms with Crippen LogP contribution >= 0.6 is 58.2 Å². The van der Waals surface area contributed by atoms with Crippen LogP contribution in [0.3, 0.4) is 0 Å². The van der Waals surface area contributed by atoms with Crippen LogP contribution in [0.2, 0.25) is 20.1 Å². The van der Waals surface area contributed by atoms with Crippen LogP contribution in [0.25, 0.3) is 0 Å². The Bertz CT molecular complexity index is 1050. The molecule has 0 saturated carbocycles. The summed E-state index contributed by atoms with van der Waals surface area (Å²) in [5, 5.41) is 2.44. The maximum Gasteiger partial charge on any atom is 0.0769 e. The zero-order chi connectivity index (χ0) is 19.0. The summed E-state index contributed by atoms with van der Waals surface area (Å²) < 4.78 is 0. The van der Waals surface area contributed by atoms with Gasteiger partial charge in [0.1, 0.15) is 0 Å². The molecule has 4 rings (SSSR count). The van der Waals surface area contributed by atoms with E-state index in [4.69, 9.17) is 51.4 Å². The minimum atomic E-state index is 0.133. The van der Waals surface area contributed by atoms with Gasteiger partial charge in [-0.05, 0) is 42.0 Å². The molecule has 1 aliphatic heterocycles. The van der Waals surface area contributed by atoms with Crippen LogP contribution in [0.15, 0.2) is 70.6 Å². The van der Waals surface area contributed by atoms with E-state index >= 15 is 0 Å². The fraction of sp³-hybridized carbons (Fsp3) is 0.0952. The van der Waals surface area contributed by atoms with Crippen LogP contribution in [0.5, 0.6) is 0 Å². The number of para-hydroxylation sites is 1. The normalized spacial score (nSPS) is 16.4. The van der Waals surface area contributed by atoms with Gasteiger partial charge in [-0.25, -0.2) is 0 Å². The highest BCUT2D eigenvalue weighted by atomic mass is 35.5. The summed E-state index contributed by atoms with van der Waals surface area (Å²) in [5.41, 5.74) is 3.85. The molecule has 0 aromatic heterocycles. The van der Waals surface area contributed by atoms with E-state index in [1.807, 2.05) is 48.5 Å². The number of aliphatic imine (C=N–C) groups is 1. The molecule has 1 aliphatic rings. The molecular formula is C21H13Cl4NS. The van der Waals surface area contributed by atoms with Crippen molar-refractivity contribution < 1.29 is 0 Å². The van der Waals surface area contributed by atoms with E-state index in [-0.39, 0.29) is 5.25 Å². The molecule has 0 fully saturated rings. The molecule has 136 valence electrons. The predicted molar refractivity (Wildman–Crippen MR) is 119 cm³/mol. The number of halogens is 4. The van der Waals surface area contributed by atoms with Gasteiger partial charge in [0.25, 0.3) is 0 Å². The van der Waals surface area contributed by atoms with Gasteiger partial charge in [-0.2, -0.15) is 0 Å². The summed E-state index contributed by atoms with van der Waals surface area (Å²) >= 11 is 26.7. The number of fused-ring (bicyclic) bond motifs is 1. The van der Waals surface area contributed by atoms with Crippen LogP contribution in [0, 0.1) is 0 Å². The molecule has 1 heterocycles. The highest BCUT2D eigenvalue weighted by Gasteiger charge is 2.24. The summed E-state index contributed by atoms with van der Waals surface area (Å²) in [6.45, 7) is 0. The second kappa shape index (κ2) is 8.06. The fourth-order valence-electron chi connectivity index (χ4n) is 3.00. The quantitative estimate of drug-likeness (QED) is 0.378. The number of hydrogen-bond donors (Lipinski definition) is 0. The Labute approximate surface area is 182 Å². The minimum Gasteiger partial charge on any atom is -0.252 e. The predicted octanol–water partition coefficient (Wildman–Crippen LogP) is 8.66. The molecule has 0 radical (unpaired) electrons. The first-order valence-corrected chi connectivity index (χ1v) is 10.6. The molecule has 0 bridgehead atoms. The second-order valence-corrected chi connectivity index (χ2v) is 9.04. The van der Waals surface area contributed by atoms with Crippen molar-refractivity contribution in [1.29, 1.82) is 0 Å². The van der Waals surface area contributed by atoms with Crippen molar-refractivity contribution in [3.8, 4) is 0 Å². The van der Waals surface area contributed by atoms with Crippen molar-refractivity contribution in [1.82, 2.24) is 0 Å². The molecule has 0 N–H and O–H groups in total. The Morgan fingerprint density at radius 3 is 2.41 bits per heavy atom. The van der Waals surface area contributed by atoms with Gasteiger partial charge in [0.2, 0.25) is 0 Å². The van der Waals surface area contributed by atoms with Crippen LogP contribution in [-0.2, 0) is 0 Å². The molecule has 6 heteroatoms. The third kappa shape index (κ3) is 4.16. The SMILES string of the molecule is Clc1ccc(C2=Nc3ccccc3S[C@H](c3ccc(Cl)c(Cl)c3)C2)c(Cl)c1. The zero-order valence-electron chi connectivity index (χ0n) is 13.9. The van der Waals surface area contributed by atoms with Crippen molar-refractivity contribution in [2.45, 2.75) is 16.6 Å². The van der Waals surface area contributed by atoms with E-state index < -0.39 is 0 Å². The number of benzene rings is 3. The first-order chi connectivity index (χ1) is 13.0. The van der Waals surface area contributed by atoms with Crippen molar-refractivity contribution in [2.24, 2.45) is 4.99 Å². The summed E-state index contributed by atoms with van der Waals surface area (Å²) in [7, 11) is 0.